The zero-order valence-electron chi connectivity index (χ0n) is 15.4. The smallest absolute Gasteiger partial charge is 0.227 e. The van der Waals surface area contributed by atoms with Crippen LogP contribution in [0.25, 0.3) is 11.4 Å². The molecule has 0 spiro atoms. The molecule has 2 aliphatic heterocycles. The fourth-order valence-electron chi connectivity index (χ4n) is 3.95. The minimum absolute atomic E-state index is 0. The fraction of sp³-hybridized carbons (Fsp3) is 0.526. The number of fused-ring (bicyclic) bond motifs is 2. The zero-order valence-corrected chi connectivity index (χ0v) is 16.2. The Morgan fingerprint density at radius 2 is 2.04 bits per heavy atom. The summed E-state index contributed by atoms with van der Waals surface area (Å²) in [4.78, 5) is 19.2. The predicted octanol–water partition coefficient (Wildman–Crippen LogP) is 2.45. The number of methoxy groups -OCH3 is 1. The van der Waals surface area contributed by atoms with E-state index in [4.69, 9.17) is 9.26 Å². The van der Waals surface area contributed by atoms with Gasteiger partial charge in [0.2, 0.25) is 17.6 Å². The van der Waals surface area contributed by atoms with Gasteiger partial charge in [0.25, 0.3) is 0 Å². The first-order valence-electron chi connectivity index (χ1n) is 9.23. The molecule has 1 aromatic carbocycles. The molecule has 2 bridgehead atoms. The molecule has 2 atom stereocenters. The Labute approximate surface area is 164 Å². The summed E-state index contributed by atoms with van der Waals surface area (Å²) >= 11 is 0. The van der Waals surface area contributed by atoms with E-state index >= 15 is 0 Å². The van der Waals surface area contributed by atoms with Crippen molar-refractivity contribution in [3.05, 3.63) is 30.2 Å². The molecule has 3 heterocycles. The average molecular weight is 393 g/mol. The minimum Gasteiger partial charge on any atom is -0.497 e. The van der Waals surface area contributed by atoms with Crippen LogP contribution in [0.1, 0.15) is 31.6 Å². The van der Waals surface area contributed by atoms with Gasteiger partial charge in [-0.2, -0.15) is 4.98 Å². The lowest BCUT2D eigenvalue weighted by Crippen LogP contribution is -2.42. The number of nitrogens with one attached hydrogen (secondary N) is 1. The third kappa shape index (κ3) is 4.25. The maximum atomic E-state index is 12.7. The van der Waals surface area contributed by atoms with Crippen LogP contribution in [-0.2, 0) is 11.2 Å². The topological polar surface area (TPSA) is 80.5 Å². The first-order chi connectivity index (χ1) is 12.7. The molecule has 2 aromatic rings. The monoisotopic (exact) mass is 392 g/mol. The molecule has 0 saturated carbocycles. The number of rotatable bonds is 5. The third-order valence-corrected chi connectivity index (χ3v) is 5.31. The van der Waals surface area contributed by atoms with Crippen LogP contribution in [0.3, 0.4) is 0 Å². The highest BCUT2D eigenvalue weighted by Crippen LogP contribution is 2.29. The van der Waals surface area contributed by atoms with E-state index in [1.165, 1.54) is 0 Å². The number of amides is 1. The van der Waals surface area contributed by atoms with Crippen molar-refractivity contribution in [1.82, 2.24) is 20.4 Å². The van der Waals surface area contributed by atoms with Crippen molar-refractivity contribution in [1.29, 1.82) is 0 Å². The molecule has 1 aromatic heterocycles. The molecule has 7 nitrogen and oxygen atoms in total. The van der Waals surface area contributed by atoms with Crippen LogP contribution in [0.5, 0.6) is 5.75 Å². The van der Waals surface area contributed by atoms with Gasteiger partial charge >= 0.3 is 0 Å². The van der Waals surface area contributed by atoms with Gasteiger partial charge in [-0.25, -0.2) is 0 Å². The Kier molecular flexibility index (Phi) is 6.34. The molecule has 2 aliphatic rings. The Morgan fingerprint density at radius 3 is 2.81 bits per heavy atom. The molecule has 4 rings (SSSR count). The summed E-state index contributed by atoms with van der Waals surface area (Å²) < 4.78 is 10.5. The lowest BCUT2D eigenvalue weighted by Gasteiger charge is -2.27. The summed E-state index contributed by atoms with van der Waals surface area (Å²) in [6, 6.07) is 8.23. The second-order valence-corrected chi connectivity index (χ2v) is 6.92. The SMILES string of the molecule is COc1ccc(-c2noc(CCC(=O)N3C4CCNCC3CC4)n2)cc1.Cl. The molecular weight excluding hydrogens is 368 g/mol. The average Bonchev–Trinajstić information content (AvgIpc) is 3.23. The van der Waals surface area contributed by atoms with Gasteiger partial charge in [0.05, 0.1) is 7.11 Å². The number of carbonyl (C=O) groups is 1. The lowest BCUT2D eigenvalue weighted by atomic mass is 10.1. The van der Waals surface area contributed by atoms with Crippen molar-refractivity contribution < 1.29 is 14.1 Å². The van der Waals surface area contributed by atoms with Crippen LogP contribution >= 0.6 is 12.4 Å². The number of hydrogen-bond acceptors (Lipinski definition) is 6. The van der Waals surface area contributed by atoms with Gasteiger partial charge in [0.1, 0.15) is 5.75 Å². The first kappa shape index (κ1) is 19.6. The summed E-state index contributed by atoms with van der Waals surface area (Å²) in [5.41, 5.74) is 0.865. The largest absolute Gasteiger partial charge is 0.497 e. The number of nitrogens with zero attached hydrogens (tertiary/aromatic N) is 3. The van der Waals surface area contributed by atoms with Crippen LogP contribution in [0.4, 0.5) is 0 Å². The Bertz CT molecular complexity index is 751. The fourth-order valence-corrected chi connectivity index (χ4v) is 3.95. The molecule has 146 valence electrons. The van der Waals surface area contributed by atoms with Gasteiger partial charge in [0, 0.05) is 37.0 Å². The number of aryl methyl sites for hydroxylation is 1. The number of carbonyl (C=O) groups excluding carboxylic acids is 1. The Morgan fingerprint density at radius 1 is 1.26 bits per heavy atom. The molecule has 2 fully saturated rings. The maximum absolute atomic E-state index is 12.7. The third-order valence-electron chi connectivity index (χ3n) is 5.31. The van der Waals surface area contributed by atoms with E-state index in [1.807, 2.05) is 24.3 Å². The van der Waals surface area contributed by atoms with Gasteiger partial charge in [-0.05, 0) is 50.1 Å². The summed E-state index contributed by atoms with van der Waals surface area (Å²) in [5.74, 6) is 2.02. The molecule has 1 amide bonds. The summed E-state index contributed by atoms with van der Waals surface area (Å²) in [6.07, 6.45) is 4.17. The summed E-state index contributed by atoms with van der Waals surface area (Å²) in [6.45, 7) is 1.91. The van der Waals surface area contributed by atoms with Gasteiger partial charge in [0.15, 0.2) is 0 Å². The van der Waals surface area contributed by atoms with E-state index in [9.17, 15) is 4.79 Å². The number of benzene rings is 1. The number of ether oxygens (including phenoxy) is 1. The molecule has 8 heteroatoms. The van der Waals surface area contributed by atoms with Crippen molar-refractivity contribution in [2.45, 2.75) is 44.2 Å². The summed E-state index contributed by atoms with van der Waals surface area (Å²) in [5, 5.41) is 7.45. The molecular formula is C19H25ClN4O3. The first-order valence-corrected chi connectivity index (χ1v) is 9.23. The maximum Gasteiger partial charge on any atom is 0.227 e. The van der Waals surface area contributed by atoms with E-state index in [0.29, 0.717) is 36.6 Å². The van der Waals surface area contributed by atoms with Crippen LogP contribution in [-0.4, -0.2) is 53.2 Å². The van der Waals surface area contributed by atoms with Crippen molar-refractivity contribution in [2.24, 2.45) is 0 Å². The van der Waals surface area contributed by atoms with E-state index in [1.54, 1.807) is 7.11 Å². The molecule has 2 saturated heterocycles. The molecule has 2 unspecified atom stereocenters. The van der Waals surface area contributed by atoms with Crippen LogP contribution in [0.2, 0.25) is 0 Å². The van der Waals surface area contributed by atoms with E-state index in [-0.39, 0.29) is 18.3 Å². The van der Waals surface area contributed by atoms with Crippen molar-refractivity contribution in [3.63, 3.8) is 0 Å². The number of halogens is 1. The molecule has 0 aliphatic carbocycles. The van der Waals surface area contributed by atoms with Gasteiger partial charge in [-0.1, -0.05) is 5.16 Å². The Balaban J connectivity index is 0.00000210. The quantitative estimate of drug-likeness (QED) is 0.841. The standard InChI is InChI=1S/C19H24N4O3.ClH/c1-25-16-6-2-13(3-7-16)19-21-17(26-22-19)8-9-18(24)23-14-4-5-15(23)12-20-11-10-14;/h2-3,6-7,14-15,20H,4-5,8-12H2,1H3;1H. The number of aromatic nitrogens is 2. The van der Waals surface area contributed by atoms with Crippen molar-refractivity contribution in [2.75, 3.05) is 20.2 Å². The van der Waals surface area contributed by atoms with Crippen LogP contribution < -0.4 is 10.1 Å². The molecule has 0 radical (unpaired) electrons. The van der Waals surface area contributed by atoms with Gasteiger partial charge < -0.3 is 19.5 Å². The lowest BCUT2D eigenvalue weighted by molar-refractivity contribution is -0.133. The van der Waals surface area contributed by atoms with E-state index in [0.717, 1.165) is 43.7 Å². The van der Waals surface area contributed by atoms with Crippen molar-refractivity contribution >= 4 is 18.3 Å². The van der Waals surface area contributed by atoms with E-state index < -0.39 is 0 Å². The molecule has 1 N–H and O–H groups in total. The van der Waals surface area contributed by atoms with E-state index in [2.05, 4.69) is 20.4 Å². The minimum atomic E-state index is 0. The van der Waals surface area contributed by atoms with Gasteiger partial charge in [-0.15, -0.1) is 12.4 Å². The normalized spacial score (nSPS) is 21.4. The highest BCUT2D eigenvalue weighted by Gasteiger charge is 2.37. The summed E-state index contributed by atoms with van der Waals surface area (Å²) in [7, 11) is 1.63. The predicted molar refractivity (Wildman–Crippen MR) is 103 cm³/mol. The van der Waals surface area contributed by atoms with Crippen molar-refractivity contribution in [3.8, 4) is 17.1 Å². The highest BCUT2D eigenvalue weighted by molar-refractivity contribution is 5.85. The number of hydrogen-bond donors (Lipinski definition) is 1. The second kappa shape index (κ2) is 8.71. The zero-order chi connectivity index (χ0) is 17.9. The highest BCUT2D eigenvalue weighted by atomic mass is 35.5. The second-order valence-electron chi connectivity index (χ2n) is 6.92. The molecule has 27 heavy (non-hydrogen) atoms. The Hall–Kier alpha value is -2.12. The van der Waals surface area contributed by atoms with Crippen LogP contribution in [0.15, 0.2) is 28.8 Å². The van der Waals surface area contributed by atoms with Crippen LogP contribution in [0, 0.1) is 0 Å². The van der Waals surface area contributed by atoms with Gasteiger partial charge in [-0.3, -0.25) is 4.79 Å².